The largest absolute Gasteiger partial charge is 0.416 e. The number of anilines is 2. The fourth-order valence-electron chi connectivity index (χ4n) is 5.46. The van der Waals surface area contributed by atoms with Crippen molar-refractivity contribution in [2.24, 2.45) is 5.92 Å². The molecule has 2 aliphatic rings. The maximum atomic E-state index is 13.4. The first kappa shape index (κ1) is 34.5. The zero-order valence-electron chi connectivity index (χ0n) is 27.3. The number of allylic oxidation sites excluding steroid dienone is 1. The molecular weight excluding hydrogens is 669 g/mol. The van der Waals surface area contributed by atoms with Gasteiger partial charge in [0.1, 0.15) is 17.1 Å². The van der Waals surface area contributed by atoms with Crippen molar-refractivity contribution in [1.82, 2.24) is 35.4 Å². The molecule has 14 nitrogen and oxygen atoms in total. The van der Waals surface area contributed by atoms with Crippen LogP contribution in [0.2, 0.25) is 0 Å². The number of rotatable bonds is 8. The summed E-state index contributed by atoms with van der Waals surface area (Å²) in [5.74, 6) is 4.49. The molecule has 2 aromatic carbocycles. The second-order valence-corrected chi connectivity index (χ2v) is 12.5. The molecule has 2 saturated heterocycles. The number of alkyl halides is 3. The third-order valence-electron chi connectivity index (χ3n) is 8.48. The van der Waals surface area contributed by atoms with E-state index in [0.29, 0.717) is 24.2 Å². The number of benzene rings is 2. The summed E-state index contributed by atoms with van der Waals surface area (Å²) in [6.45, 7) is 4.29. The smallest absolute Gasteiger partial charge is 0.377 e. The van der Waals surface area contributed by atoms with E-state index in [2.05, 4.69) is 43.2 Å². The van der Waals surface area contributed by atoms with Gasteiger partial charge in [-0.25, -0.2) is 4.68 Å². The monoisotopic (exact) mass is 700 g/mol. The van der Waals surface area contributed by atoms with Crippen LogP contribution in [0, 0.1) is 23.2 Å². The van der Waals surface area contributed by atoms with Gasteiger partial charge in [0.2, 0.25) is 11.8 Å². The average Bonchev–Trinajstić information content (AvgIpc) is 3.61. The van der Waals surface area contributed by atoms with E-state index < -0.39 is 46.6 Å². The van der Waals surface area contributed by atoms with E-state index in [4.69, 9.17) is 5.41 Å². The van der Waals surface area contributed by atoms with Crippen LogP contribution in [0.15, 0.2) is 71.4 Å². The molecule has 2 fully saturated rings. The fourth-order valence-corrected chi connectivity index (χ4v) is 5.46. The number of imide groups is 1. The second-order valence-electron chi connectivity index (χ2n) is 12.5. The van der Waals surface area contributed by atoms with Gasteiger partial charge >= 0.3 is 6.18 Å². The number of fused-ring (bicyclic) bond motifs is 1. The predicted molar refractivity (Wildman–Crippen MR) is 180 cm³/mol. The molecule has 0 aliphatic carbocycles. The van der Waals surface area contributed by atoms with E-state index in [-0.39, 0.29) is 35.5 Å². The quantitative estimate of drug-likeness (QED) is 0.122. The lowest BCUT2D eigenvalue weighted by Crippen LogP contribution is -2.47. The summed E-state index contributed by atoms with van der Waals surface area (Å²) in [6.07, 6.45) is 1.03. The highest BCUT2D eigenvalue weighted by Crippen LogP contribution is 2.33. The molecule has 4 aromatic rings. The Balaban J connectivity index is 1.08. The topological polar surface area (TPSA) is 180 Å². The Labute approximate surface area is 288 Å². The van der Waals surface area contributed by atoms with Gasteiger partial charge in [0.15, 0.2) is 0 Å². The molecule has 6 rings (SSSR count). The van der Waals surface area contributed by atoms with Gasteiger partial charge in [-0.05, 0) is 62.7 Å². The molecular formula is C34H31F3N10O4. The highest BCUT2D eigenvalue weighted by atomic mass is 19.4. The first-order chi connectivity index (χ1) is 24.2. The first-order valence-electron chi connectivity index (χ1n) is 15.7. The minimum absolute atomic E-state index is 0.0349. The van der Waals surface area contributed by atoms with Crippen LogP contribution in [-0.2, 0) is 20.6 Å². The number of hydrogen-bond acceptors (Lipinski definition) is 10. The zero-order valence-corrected chi connectivity index (χ0v) is 27.3. The fraction of sp³-hybridized carbons (Fsp3) is 0.294. The van der Waals surface area contributed by atoms with Crippen molar-refractivity contribution in [2.45, 2.75) is 44.4 Å². The highest BCUT2D eigenvalue weighted by Gasteiger charge is 2.33. The van der Waals surface area contributed by atoms with Crippen LogP contribution in [-0.4, -0.2) is 67.3 Å². The summed E-state index contributed by atoms with van der Waals surface area (Å²) in [5, 5.41) is 28.0. The normalized spacial score (nSPS) is 16.9. The van der Waals surface area contributed by atoms with E-state index >= 15 is 0 Å². The Kier molecular flexibility index (Phi) is 9.17. The van der Waals surface area contributed by atoms with Crippen molar-refractivity contribution >= 4 is 46.2 Å². The molecule has 2 aromatic heterocycles. The molecule has 17 heteroatoms. The Hall–Kier alpha value is -6.31. The van der Waals surface area contributed by atoms with Gasteiger partial charge < -0.3 is 20.9 Å². The molecule has 4 N–H and O–H groups in total. The zero-order chi connectivity index (χ0) is 36.5. The standard InChI is InChI=1S/C34H31F3N10O4/c1-33(2,32(51)41-25-9-6-22(34(35,36)37)14-28(25)46-13-3-12-40-46)39-17-20(16-38)4-5-21-18-45(19-21)23-7-8-24-26(15-23)43-44-47(31(24)50)27-10-11-29(48)42-30(27)49/h3,6-9,12-17,21,27,38-39H,10-11,18-19H2,1-2H3,(H,41,51)(H,42,48,49)/b20-17-,38-16?. The number of halogens is 3. The SMILES string of the molecule is CC(C)(N/C=C(/C#CC1CN(c2ccc3c(=O)n(C4CCC(=O)NC4=O)nnc3c2)C1)C=N)C(=O)Nc1ccc(C(F)(F)F)cc1-n1cccn1. The van der Waals surface area contributed by atoms with E-state index in [1.165, 1.54) is 29.3 Å². The summed E-state index contributed by atoms with van der Waals surface area (Å²) in [4.78, 5) is 52.0. The Morgan fingerprint density at radius 3 is 2.59 bits per heavy atom. The second kappa shape index (κ2) is 13.5. The molecule has 1 unspecified atom stereocenters. The molecule has 51 heavy (non-hydrogen) atoms. The number of nitrogens with one attached hydrogen (secondary N) is 4. The number of aromatic nitrogens is 5. The maximum absolute atomic E-state index is 13.4. The molecule has 2 aliphatic heterocycles. The minimum atomic E-state index is -4.58. The maximum Gasteiger partial charge on any atom is 0.416 e. The number of carbonyl (C=O) groups is 3. The summed E-state index contributed by atoms with van der Waals surface area (Å²) in [7, 11) is 0. The van der Waals surface area contributed by atoms with E-state index in [0.717, 1.165) is 28.7 Å². The summed E-state index contributed by atoms with van der Waals surface area (Å²) < 4.78 is 42.4. The highest BCUT2D eigenvalue weighted by molar-refractivity contribution is 6.00. The summed E-state index contributed by atoms with van der Waals surface area (Å²) in [5.41, 5.74) is -0.994. The van der Waals surface area contributed by atoms with Crippen molar-refractivity contribution in [2.75, 3.05) is 23.3 Å². The van der Waals surface area contributed by atoms with Crippen LogP contribution < -0.4 is 26.4 Å². The van der Waals surface area contributed by atoms with Gasteiger partial charge in [-0.3, -0.25) is 24.5 Å². The van der Waals surface area contributed by atoms with Crippen LogP contribution in [0.25, 0.3) is 16.6 Å². The predicted octanol–water partition coefficient (Wildman–Crippen LogP) is 2.95. The molecule has 4 heterocycles. The third-order valence-corrected chi connectivity index (χ3v) is 8.48. The Bertz CT molecular complexity index is 2190. The van der Waals surface area contributed by atoms with Crippen LogP contribution in [0.4, 0.5) is 24.5 Å². The lowest BCUT2D eigenvalue weighted by Gasteiger charge is -2.38. The number of nitrogens with zero attached hydrogens (tertiary/aromatic N) is 6. The lowest BCUT2D eigenvalue weighted by atomic mass is 9.99. The molecule has 1 atom stereocenters. The summed E-state index contributed by atoms with van der Waals surface area (Å²) in [6, 6.07) is 8.72. The molecule has 262 valence electrons. The first-order valence-corrected chi connectivity index (χ1v) is 15.7. The van der Waals surface area contributed by atoms with Gasteiger partial charge in [0, 0.05) is 50.0 Å². The van der Waals surface area contributed by atoms with E-state index in [1.807, 2.05) is 4.90 Å². The summed E-state index contributed by atoms with van der Waals surface area (Å²) >= 11 is 0. The molecule has 0 saturated carbocycles. The number of hydrogen-bond donors (Lipinski definition) is 4. The minimum Gasteiger partial charge on any atom is -0.377 e. The van der Waals surface area contributed by atoms with Crippen LogP contribution >= 0.6 is 0 Å². The van der Waals surface area contributed by atoms with Crippen molar-refractivity contribution in [3.63, 3.8) is 0 Å². The van der Waals surface area contributed by atoms with Crippen LogP contribution in [0.3, 0.4) is 0 Å². The van der Waals surface area contributed by atoms with Crippen molar-refractivity contribution in [1.29, 1.82) is 5.41 Å². The molecule has 0 bridgehead atoms. The Morgan fingerprint density at radius 2 is 1.90 bits per heavy atom. The lowest BCUT2D eigenvalue weighted by molar-refractivity contribution is -0.138. The molecule has 3 amide bonds. The van der Waals surface area contributed by atoms with Crippen molar-refractivity contribution < 1.29 is 27.6 Å². The van der Waals surface area contributed by atoms with Gasteiger partial charge in [-0.2, -0.15) is 23.0 Å². The average molecular weight is 701 g/mol. The number of piperidine rings is 1. The Morgan fingerprint density at radius 1 is 1.12 bits per heavy atom. The van der Waals surface area contributed by atoms with Crippen molar-refractivity contribution in [3.05, 3.63) is 82.5 Å². The van der Waals surface area contributed by atoms with E-state index in [1.54, 1.807) is 38.1 Å². The number of amides is 3. The molecule has 0 spiro atoms. The van der Waals surface area contributed by atoms with Gasteiger partial charge in [0.25, 0.3) is 11.5 Å². The molecule has 0 radical (unpaired) electrons. The van der Waals surface area contributed by atoms with Gasteiger partial charge in [-0.1, -0.05) is 17.1 Å². The van der Waals surface area contributed by atoms with Crippen LogP contribution in [0.5, 0.6) is 0 Å². The third kappa shape index (κ3) is 7.34. The van der Waals surface area contributed by atoms with Gasteiger partial charge in [-0.15, -0.1) is 5.10 Å². The van der Waals surface area contributed by atoms with Gasteiger partial charge in [0.05, 0.1) is 33.8 Å². The van der Waals surface area contributed by atoms with E-state index in [9.17, 15) is 32.3 Å². The number of carbonyl (C=O) groups excluding carboxylic acids is 3. The van der Waals surface area contributed by atoms with Crippen LogP contribution in [0.1, 0.15) is 38.3 Å². The van der Waals surface area contributed by atoms with Crippen molar-refractivity contribution in [3.8, 4) is 17.5 Å².